The van der Waals surface area contributed by atoms with Gasteiger partial charge in [-0.1, -0.05) is 0 Å². The van der Waals surface area contributed by atoms with Crippen molar-refractivity contribution in [1.29, 1.82) is 0 Å². The summed E-state index contributed by atoms with van der Waals surface area (Å²) in [5, 5.41) is 0. The van der Waals surface area contributed by atoms with Crippen molar-refractivity contribution >= 4 is 22.6 Å². The molecule has 0 N–H and O–H groups in total. The number of alkyl halides is 6. The summed E-state index contributed by atoms with van der Waals surface area (Å²) in [6.45, 7) is 0. The number of hydrogen-bond donors (Lipinski definition) is 0. The lowest BCUT2D eigenvalue weighted by Crippen LogP contribution is -2.55. The summed E-state index contributed by atoms with van der Waals surface area (Å²) < 4.78 is 60.0. The van der Waals surface area contributed by atoms with E-state index in [9.17, 15) is 22.0 Å². The molecule has 12 heavy (non-hydrogen) atoms. The van der Waals surface area contributed by atoms with Crippen molar-refractivity contribution in [3.8, 4) is 0 Å². The van der Waals surface area contributed by atoms with E-state index < -0.39 is 28.4 Å². The van der Waals surface area contributed by atoms with Crippen LogP contribution in [0.3, 0.4) is 0 Å². The topological polar surface area (TPSA) is 0 Å². The predicted octanol–water partition coefficient (Wildman–Crippen LogP) is 3.54. The van der Waals surface area contributed by atoms with E-state index in [-0.39, 0.29) is 6.42 Å². The largest absolute Gasteiger partial charge is 0.352 e. The monoisotopic (exact) mass is 300 g/mol. The van der Waals surface area contributed by atoms with Gasteiger partial charge in [0.15, 0.2) is 0 Å². The minimum absolute atomic E-state index is 0.206. The molecule has 1 atom stereocenters. The first-order valence-electron chi connectivity index (χ1n) is 3.34. The highest BCUT2D eigenvalue weighted by atomic mass is 127. The molecule has 1 rings (SSSR count). The summed E-state index contributed by atoms with van der Waals surface area (Å²) in [5.74, 6) is -8.75. The zero-order chi connectivity index (χ0) is 9.62. The van der Waals surface area contributed by atoms with Crippen LogP contribution >= 0.6 is 22.6 Å². The van der Waals surface area contributed by atoms with Gasteiger partial charge < -0.3 is 0 Å². The van der Waals surface area contributed by atoms with E-state index in [1.807, 2.05) is 0 Å². The van der Waals surface area contributed by atoms with Gasteiger partial charge in [0.25, 0.3) is 0 Å². The van der Waals surface area contributed by atoms with E-state index in [1.54, 1.807) is 0 Å². The van der Waals surface area contributed by atoms with E-state index in [0.29, 0.717) is 0 Å². The van der Waals surface area contributed by atoms with Crippen molar-refractivity contribution in [1.82, 2.24) is 0 Å². The third-order valence-electron chi connectivity index (χ3n) is 1.90. The van der Waals surface area contributed by atoms with Crippen LogP contribution in [-0.2, 0) is 0 Å². The Labute approximate surface area is 79.6 Å². The highest BCUT2D eigenvalue weighted by Crippen LogP contribution is 2.55. The van der Waals surface area contributed by atoms with E-state index in [0.717, 1.165) is 22.6 Å². The van der Waals surface area contributed by atoms with Crippen molar-refractivity contribution in [3.63, 3.8) is 0 Å². The Morgan fingerprint density at radius 3 is 1.75 bits per heavy atom. The van der Waals surface area contributed by atoms with Crippen LogP contribution in [0.25, 0.3) is 0 Å². The van der Waals surface area contributed by atoms with E-state index in [4.69, 9.17) is 0 Å². The second-order valence-electron chi connectivity index (χ2n) is 2.84. The van der Waals surface area contributed by atoms with Crippen LogP contribution in [0.2, 0.25) is 0 Å². The van der Waals surface area contributed by atoms with Gasteiger partial charge in [0.2, 0.25) is 3.68 Å². The molecule has 0 aromatic heterocycles. The number of halogens is 6. The van der Waals surface area contributed by atoms with Gasteiger partial charge in [0.05, 0.1) is 0 Å². The molecular weight excluding hydrogens is 294 g/mol. The third-order valence-corrected chi connectivity index (χ3v) is 3.12. The molecule has 0 bridgehead atoms. The molecule has 6 heteroatoms. The van der Waals surface area contributed by atoms with Gasteiger partial charge in [-0.15, -0.1) is 0 Å². The molecule has 0 aliphatic heterocycles. The van der Waals surface area contributed by atoms with Gasteiger partial charge in [-0.2, -0.15) is 17.6 Å². The van der Waals surface area contributed by atoms with Crippen LogP contribution < -0.4 is 0 Å². The standard InChI is InChI=1S/C6H6F5I/c7-4(8)2-1-3-5(9,12)6(4,10)11/h1-3H2. The summed E-state index contributed by atoms with van der Waals surface area (Å²) in [7, 11) is 0. The molecule has 72 valence electrons. The van der Waals surface area contributed by atoms with Gasteiger partial charge in [-0.3, -0.25) is 0 Å². The molecule has 1 unspecified atom stereocenters. The van der Waals surface area contributed by atoms with E-state index in [2.05, 4.69) is 0 Å². The summed E-state index contributed by atoms with van der Waals surface area (Å²) in [6.07, 6.45) is -1.66. The normalized spacial score (nSPS) is 39.5. The molecule has 0 spiro atoms. The number of rotatable bonds is 0. The first-order valence-corrected chi connectivity index (χ1v) is 4.42. The molecule has 0 aromatic carbocycles. The first kappa shape index (κ1) is 10.5. The maximum absolute atomic E-state index is 12.9. The maximum Gasteiger partial charge on any atom is 0.352 e. The van der Waals surface area contributed by atoms with Crippen molar-refractivity contribution < 1.29 is 22.0 Å². The zero-order valence-corrected chi connectivity index (χ0v) is 8.05. The summed E-state index contributed by atoms with van der Waals surface area (Å²) >= 11 is 0.762. The first-order chi connectivity index (χ1) is 5.21. The van der Waals surface area contributed by atoms with Gasteiger partial charge >= 0.3 is 11.8 Å². The maximum atomic E-state index is 12.9. The van der Waals surface area contributed by atoms with Crippen LogP contribution in [0.5, 0.6) is 0 Å². The predicted molar refractivity (Wildman–Crippen MR) is 41.6 cm³/mol. The van der Waals surface area contributed by atoms with Crippen LogP contribution in [0, 0.1) is 0 Å². The van der Waals surface area contributed by atoms with Crippen LogP contribution in [0.1, 0.15) is 19.3 Å². The fraction of sp³-hybridized carbons (Fsp3) is 1.00. The molecule has 0 nitrogen and oxygen atoms in total. The molecule has 0 saturated heterocycles. The Bertz CT molecular complexity index is 170. The quantitative estimate of drug-likeness (QED) is 0.365. The Hall–Kier alpha value is 0.380. The van der Waals surface area contributed by atoms with Crippen LogP contribution in [0.15, 0.2) is 0 Å². The average molecular weight is 300 g/mol. The molecular formula is C6H6F5I. The zero-order valence-electron chi connectivity index (χ0n) is 5.89. The molecule has 0 radical (unpaired) electrons. The number of hydrogen-bond acceptors (Lipinski definition) is 0. The van der Waals surface area contributed by atoms with E-state index >= 15 is 0 Å². The Balaban J connectivity index is 2.99. The Morgan fingerprint density at radius 1 is 0.917 bits per heavy atom. The third kappa shape index (κ3) is 1.31. The smallest absolute Gasteiger partial charge is 0.225 e. The SMILES string of the molecule is FC1(F)CCCC(F)(I)C1(F)F. The van der Waals surface area contributed by atoms with Gasteiger partial charge in [0, 0.05) is 6.42 Å². The van der Waals surface area contributed by atoms with Gasteiger partial charge in [-0.25, -0.2) is 4.39 Å². The highest BCUT2D eigenvalue weighted by molar-refractivity contribution is 14.1. The lowest BCUT2D eigenvalue weighted by molar-refractivity contribution is -0.262. The van der Waals surface area contributed by atoms with Crippen LogP contribution in [0.4, 0.5) is 22.0 Å². The minimum Gasteiger partial charge on any atom is -0.225 e. The average Bonchev–Trinajstić information content (AvgIpc) is 1.83. The molecule has 0 aromatic rings. The molecule has 1 aliphatic carbocycles. The summed E-state index contributed by atoms with van der Waals surface area (Å²) in [4.78, 5) is 0. The minimum atomic E-state index is -4.54. The van der Waals surface area contributed by atoms with Crippen LogP contribution in [-0.4, -0.2) is 15.5 Å². The van der Waals surface area contributed by atoms with E-state index in [1.165, 1.54) is 0 Å². The Morgan fingerprint density at radius 2 is 1.42 bits per heavy atom. The fourth-order valence-corrected chi connectivity index (χ4v) is 1.89. The van der Waals surface area contributed by atoms with Crippen molar-refractivity contribution in [2.75, 3.05) is 0 Å². The highest BCUT2D eigenvalue weighted by Gasteiger charge is 2.70. The van der Waals surface area contributed by atoms with Gasteiger partial charge in [-0.05, 0) is 35.4 Å². The summed E-state index contributed by atoms with van der Waals surface area (Å²) in [6, 6.07) is 0. The molecule has 1 fully saturated rings. The molecule has 0 amide bonds. The fourth-order valence-electron chi connectivity index (χ4n) is 1.11. The van der Waals surface area contributed by atoms with Gasteiger partial charge in [0.1, 0.15) is 0 Å². The molecule has 1 saturated carbocycles. The lowest BCUT2D eigenvalue weighted by Gasteiger charge is -2.38. The lowest BCUT2D eigenvalue weighted by atomic mass is 9.91. The van der Waals surface area contributed by atoms with Crippen molar-refractivity contribution in [3.05, 3.63) is 0 Å². The summed E-state index contributed by atoms with van der Waals surface area (Å²) in [5.41, 5.74) is 0. The second-order valence-corrected chi connectivity index (χ2v) is 4.55. The Kier molecular flexibility index (Phi) is 2.34. The molecule has 0 heterocycles. The van der Waals surface area contributed by atoms with Crippen molar-refractivity contribution in [2.45, 2.75) is 34.8 Å². The van der Waals surface area contributed by atoms with Crippen molar-refractivity contribution in [2.24, 2.45) is 0 Å². The molecule has 1 aliphatic rings. The second kappa shape index (κ2) is 2.68.